The summed E-state index contributed by atoms with van der Waals surface area (Å²) < 4.78 is 32.0. The van der Waals surface area contributed by atoms with Gasteiger partial charge >= 0.3 is 0 Å². The van der Waals surface area contributed by atoms with Gasteiger partial charge in [-0.25, -0.2) is 13.1 Å². The zero-order valence-electron chi connectivity index (χ0n) is 10.9. The Balaban J connectivity index is 2.88. The molecule has 1 aliphatic rings. The average molecular weight is 280 g/mol. The molecule has 102 valence electrons. The number of hydrogen-bond donors (Lipinski definition) is 1. The lowest BCUT2D eigenvalue weighted by atomic mass is 10.3. The molecule has 1 aromatic heterocycles. The van der Waals surface area contributed by atoms with E-state index in [4.69, 9.17) is 4.74 Å². The van der Waals surface area contributed by atoms with Gasteiger partial charge in [-0.1, -0.05) is 12.1 Å². The highest BCUT2D eigenvalue weighted by Crippen LogP contribution is 2.12. The predicted molar refractivity (Wildman–Crippen MR) is 73.7 cm³/mol. The Morgan fingerprint density at radius 1 is 1.47 bits per heavy atom. The zero-order chi connectivity index (χ0) is 13.9. The number of fused-ring (bicyclic) bond motifs is 1. The number of aromatic nitrogens is 1. The SMILES string of the molecule is CCOC1=c2ncccc2=C(S(=O)(=O)NC)CC=C1. The maximum Gasteiger partial charge on any atom is 0.237 e. The van der Waals surface area contributed by atoms with Gasteiger partial charge in [0.1, 0.15) is 11.1 Å². The van der Waals surface area contributed by atoms with Crippen LogP contribution < -0.4 is 15.3 Å². The predicted octanol–water partition coefficient (Wildman–Crippen LogP) is -0.156. The second kappa shape index (κ2) is 5.54. The molecule has 0 fully saturated rings. The van der Waals surface area contributed by atoms with E-state index in [9.17, 15) is 8.42 Å². The molecule has 0 aromatic carbocycles. The highest BCUT2D eigenvalue weighted by atomic mass is 32.2. The molecule has 1 heterocycles. The van der Waals surface area contributed by atoms with Gasteiger partial charge in [-0.3, -0.25) is 4.98 Å². The van der Waals surface area contributed by atoms with Gasteiger partial charge < -0.3 is 4.74 Å². The van der Waals surface area contributed by atoms with E-state index >= 15 is 0 Å². The van der Waals surface area contributed by atoms with Gasteiger partial charge in [0.15, 0.2) is 0 Å². The van der Waals surface area contributed by atoms with Crippen LogP contribution in [0.25, 0.3) is 10.7 Å². The molecule has 0 amide bonds. The monoisotopic (exact) mass is 280 g/mol. The second-order valence-electron chi connectivity index (χ2n) is 3.93. The summed E-state index contributed by atoms with van der Waals surface area (Å²) in [5.41, 5.74) is 0. The first-order chi connectivity index (χ1) is 9.10. The van der Waals surface area contributed by atoms with Crippen LogP contribution in [-0.4, -0.2) is 27.1 Å². The smallest absolute Gasteiger partial charge is 0.237 e. The molecule has 0 bridgehead atoms. The molecule has 2 rings (SSSR count). The summed E-state index contributed by atoms with van der Waals surface area (Å²) in [6.07, 6.45) is 5.49. The third-order valence-corrected chi connectivity index (χ3v) is 4.38. The van der Waals surface area contributed by atoms with Gasteiger partial charge in [-0.2, -0.15) is 0 Å². The topological polar surface area (TPSA) is 68.3 Å². The van der Waals surface area contributed by atoms with Crippen molar-refractivity contribution in [3.05, 3.63) is 41.0 Å². The van der Waals surface area contributed by atoms with Crippen LogP contribution in [0.15, 0.2) is 30.5 Å². The van der Waals surface area contributed by atoms with E-state index in [0.29, 0.717) is 34.3 Å². The molecular weight excluding hydrogens is 264 g/mol. The normalized spacial score (nSPS) is 15.1. The van der Waals surface area contributed by atoms with Crippen LogP contribution in [0.1, 0.15) is 13.3 Å². The summed E-state index contributed by atoms with van der Waals surface area (Å²) >= 11 is 0. The first kappa shape index (κ1) is 13.8. The van der Waals surface area contributed by atoms with Crippen molar-refractivity contribution in [1.82, 2.24) is 9.71 Å². The minimum Gasteiger partial charge on any atom is -0.492 e. The van der Waals surface area contributed by atoms with Gasteiger partial charge in [-0.15, -0.1) is 0 Å². The fourth-order valence-corrected chi connectivity index (χ4v) is 2.95. The van der Waals surface area contributed by atoms with Crippen LogP contribution in [0.3, 0.4) is 0 Å². The van der Waals surface area contributed by atoms with Gasteiger partial charge in [0.25, 0.3) is 0 Å². The molecule has 0 aliphatic heterocycles. The van der Waals surface area contributed by atoms with E-state index in [0.717, 1.165) is 0 Å². The molecule has 0 saturated heterocycles. The Kier molecular flexibility index (Phi) is 4.01. The van der Waals surface area contributed by atoms with Crippen molar-refractivity contribution in [1.29, 1.82) is 0 Å². The van der Waals surface area contributed by atoms with Gasteiger partial charge in [0, 0.05) is 17.8 Å². The third kappa shape index (κ3) is 2.69. The highest BCUT2D eigenvalue weighted by Gasteiger charge is 2.18. The molecule has 0 spiro atoms. The Morgan fingerprint density at radius 3 is 2.95 bits per heavy atom. The quantitative estimate of drug-likeness (QED) is 0.832. The van der Waals surface area contributed by atoms with E-state index in [2.05, 4.69) is 9.71 Å². The van der Waals surface area contributed by atoms with Crippen molar-refractivity contribution in [3.63, 3.8) is 0 Å². The molecule has 19 heavy (non-hydrogen) atoms. The van der Waals surface area contributed by atoms with Gasteiger partial charge in [0.2, 0.25) is 10.0 Å². The number of ether oxygens (including phenoxy) is 1. The summed E-state index contributed by atoms with van der Waals surface area (Å²) in [4.78, 5) is 4.56. The van der Waals surface area contributed by atoms with E-state index in [-0.39, 0.29) is 0 Å². The Morgan fingerprint density at radius 2 is 2.26 bits per heavy atom. The second-order valence-corrected chi connectivity index (χ2v) is 5.84. The molecule has 0 unspecified atom stereocenters. The number of rotatable bonds is 4. The molecular formula is C13H16N2O3S. The molecule has 0 atom stereocenters. The van der Waals surface area contributed by atoms with E-state index in [1.54, 1.807) is 30.5 Å². The lowest BCUT2D eigenvalue weighted by Gasteiger charge is -2.05. The lowest BCUT2D eigenvalue weighted by molar-refractivity contribution is 0.297. The van der Waals surface area contributed by atoms with E-state index in [1.807, 2.05) is 6.92 Å². The summed E-state index contributed by atoms with van der Waals surface area (Å²) in [6, 6.07) is 3.47. The molecule has 0 radical (unpaired) electrons. The van der Waals surface area contributed by atoms with Gasteiger partial charge in [-0.05, 0) is 26.1 Å². The lowest BCUT2D eigenvalue weighted by Crippen LogP contribution is -2.35. The van der Waals surface area contributed by atoms with Crippen molar-refractivity contribution < 1.29 is 13.2 Å². The molecule has 5 nitrogen and oxygen atoms in total. The number of allylic oxidation sites excluding steroid dienone is 1. The van der Waals surface area contributed by atoms with Crippen LogP contribution in [0.5, 0.6) is 0 Å². The number of hydrogen-bond acceptors (Lipinski definition) is 4. The van der Waals surface area contributed by atoms with Crippen LogP contribution in [0, 0.1) is 0 Å². The summed E-state index contributed by atoms with van der Waals surface area (Å²) in [5, 5.41) is 1.15. The van der Waals surface area contributed by atoms with Crippen molar-refractivity contribution in [2.75, 3.05) is 13.7 Å². The van der Waals surface area contributed by atoms with Crippen molar-refractivity contribution in [2.45, 2.75) is 13.3 Å². The number of pyridine rings is 1. The molecule has 0 saturated carbocycles. The van der Waals surface area contributed by atoms with E-state index < -0.39 is 10.0 Å². The third-order valence-electron chi connectivity index (χ3n) is 2.81. The van der Waals surface area contributed by atoms with Crippen LogP contribution >= 0.6 is 0 Å². The maximum absolute atomic E-state index is 12.1. The summed E-state index contributed by atoms with van der Waals surface area (Å²) in [5.74, 6) is 0.597. The molecule has 1 N–H and O–H groups in total. The maximum atomic E-state index is 12.1. The number of nitrogens with zero attached hydrogens (tertiary/aromatic N) is 1. The fourth-order valence-electron chi connectivity index (χ4n) is 1.94. The minimum absolute atomic E-state index is 0.309. The zero-order valence-corrected chi connectivity index (χ0v) is 11.7. The number of sulfonamides is 1. The fraction of sp³-hybridized carbons (Fsp3) is 0.308. The highest BCUT2D eigenvalue weighted by molar-refractivity contribution is 7.98. The largest absolute Gasteiger partial charge is 0.492 e. The Labute approximate surface area is 112 Å². The van der Waals surface area contributed by atoms with E-state index in [1.165, 1.54) is 7.05 Å². The molecule has 1 aromatic rings. The average Bonchev–Trinajstić information content (AvgIpc) is 2.60. The molecule has 6 heteroatoms. The van der Waals surface area contributed by atoms with Gasteiger partial charge in [0.05, 0.1) is 11.5 Å². The van der Waals surface area contributed by atoms with Crippen LogP contribution in [0.2, 0.25) is 0 Å². The van der Waals surface area contributed by atoms with Crippen LogP contribution in [0.4, 0.5) is 0 Å². The minimum atomic E-state index is -3.49. The first-order valence-corrected chi connectivity index (χ1v) is 7.50. The van der Waals surface area contributed by atoms with Crippen LogP contribution in [-0.2, 0) is 14.8 Å². The first-order valence-electron chi connectivity index (χ1n) is 6.01. The number of nitrogens with one attached hydrogen (secondary N) is 1. The molecule has 1 aliphatic carbocycles. The van der Waals surface area contributed by atoms with Crippen molar-refractivity contribution in [2.24, 2.45) is 0 Å². The standard InChI is InChI=1S/C13H16N2O3S/c1-3-18-11-7-4-8-12(19(16,17)14-2)10-6-5-9-15-13(10)11/h4-7,9,14H,3,8H2,1-2H3. The van der Waals surface area contributed by atoms with Crippen molar-refractivity contribution >= 4 is 20.7 Å². The summed E-state index contributed by atoms with van der Waals surface area (Å²) in [6.45, 7) is 2.38. The Hall–Kier alpha value is -1.66. The van der Waals surface area contributed by atoms with Crippen molar-refractivity contribution in [3.8, 4) is 0 Å². The summed E-state index contributed by atoms with van der Waals surface area (Å²) in [7, 11) is -2.09. The Bertz CT molecular complexity index is 721.